The van der Waals surface area contributed by atoms with Gasteiger partial charge in [0.2, 0.25) is 11.8 Å². The van der Waals surface area contributed by atoms with Crippen molar-refractivity contribution >= 4 is 45.0 Å². The van der Waals surface area contributed by atoms with E-state index in [-0.39, 0.29) is 29.8 Å². The van der Waals surface area contributed by atoms with Crippen molar-refractivity contribution in [3.8, 4) is 0 Å². The summed E-state index contributed by atoms with van der Waals surface area (Å²) in [6.07, 6.45) is -0.0656. The van der Waals surface area contributed by atoms with Crippen LogP contribution < -0.4 is 10.2 Å². The van der Waals surface area contributed by atoms with Crippen molar-refractivity contribution in [2.45, 2.75) is 13.3 Å². The molecular formula is C13H14ClFN2O4S. The largest absolute Gasteiger partial charge is 0.326 e. The molecule has 1 saturated heterocycles. The van der Waals surface area contributed by atoms with Crippen LogP contribution in [0.15, 0.2) is 18.2 Å². The minimum atomic E-state index is -4.64. The number of hydrogen-bond acceptors (Lipinski definition) is 4. The van der Waals surface area contributed by atoms with Crippen LogP contribution in [0.2, 0.25) is 5.02 Å². The van der Waals surface area contributed by atoms with E-state index >= 15 is 0 Å². The SMILES string of the molecule is CC(=O)Nc1ccc(Cl)c(N2CC(CS(=O)(=O)F)CC2=O)c1. The fourth-order valence-corrected chi connectivity index (χ4v) is 3.41. The van der Waals surface area contributed by atoms with Crippen LogP contribution in [0.5, 0.6) is 0 Å². The normalized spacial score (nSPS) is 18.6. The van der Waals surface area contributed by atoms with E-state index in [1.807, 2.05) is 0 Å². The Labute approximate surface area is 132 Å². The van der Waals surface area contributed by atoms with Gasteiger partial charge in [0.15, 0.2) is 0 Å². The molecule has 6 nitrogen and oxygen atoms in total. The van der Waals surface area contributed by atoms with Crippen molar-refractivity contribution in [1.82, 2.24) is 0 Å². The van der Waals surface area contributed by atoms with Crippen molar-refractivity contribution in [1.29, 1.82) is 0 Å². The van der Waals surface area contributed by atoms with Gasteiger partial charge in [-0.2, -0.15) is 8.42 Å². The third-order valence-corrected chi connectivity index (χ3v) is 4.39. The number of nitrogens with one attached hydrogen (secondary N) is 1. The molecule has 1 aromatic carbocycles. The first-order valence-corrected chi connectivity index (χ1v) is 8.38. The molecule has 1 aromatic rings. The van der Waals surface area contributed by atoms with Gasteiger partial charge in [0.1, 0.15) is 0 Å². The first-order chi connectivity index (χ1) is 10.2. The fraction of sp³-hybridized carbons (Fsp3) is 0.385. The lowest BCUT2D eigenvalue weighted by molar-refractivity contribution is -0.117. The molecule has 0 aromatic heterocycles. The van der Waals surface area contributed by atoms with E-state index in [1.165, 1.54) is 24.0 Å². The van der Waals surface area contributed by atoms with E-state index in [9.17, 15) is 21.9 Å². The van der Waals surface area contributed by atoms with E-state index in [0.29, 0.717) is 11.4 Å². The summed E-state index contributed by atoms with van der Waals surface area (Å²) in [4.78, 5) is 24.4. The molecule has 22 heavy (non-hydrogen) atoms. The van der Waals surface area contributed by atoms with Crippen molar-refractivity contribution in [2.75, 3.05) is 22.5 Å². The smallest absolute Gasteiger partial charge is 0.302 e. The molecule has 0 spiro atoms. The van der Waals surface area contributed by atoms with E-state index in [4.69, 9.17) is 11.6 Å². The van der Waals surface area contributed by atoms with Crippen molar-refractivity contribution in [2.24, 2.45) is 5.92 Å². The summed E-state index contributed by atoms with van der Waals surface area (Å²) in [5.74, 6) is -1.93. The molecule has 1 unspecified atom stereocenters. The molecule has 0 aliphatic carbocycles. The predicted molar refractivity (Wildman–Crippen MR) is 81.1 cm³/mol. The van der Waals surface area contributed by atoms with Gasteiger partial charge in [-0.05, 0) is 18.2 Å². The topological polar surface area (TPSA) is 83.6 Å². The predicted octanol–water partition coefficient (Wildman–Crippen LogP) is 1.95. The second kappa shape index (κ2) is 6.21. The lowest BCUT2D eigenvalue weighted by atomic mass is 10.1. The molecule has 2 rings (SSSR count). The van der Waals surface area contributed by atoms with Gasteiger partial charge < -0.3 is 10.2 Å². The number of hydrogen-bond donors (Lipinski definition) is 1. The molecule has 1 fully saturated rings. The van der Waals surface area contributed by atoms with Crippen LogP contribution in [-0.2, 0) is 19.8 Å². The number of amides is 2. The molecule has 1 aliphatic rings. The Morgan fingerprint density at radius 2 is 2.18 bits per heavy atom. The monoisotopic (exact) mass is 348 g/mol. The standard InChI is InChI=1S/C13H14ClFN2O4S/c1-8(18)16-10-2-3-11(14)12(5-10)17-6-9(4-13(17)19)7-22(15,20)21/h2-3,5,9H,4,6-7H2,1H3,(H,16,18). The minimum Gasteiger partial charge on any atom is -0.326 e. The maximum absolute atomic E-state index is 12.8. The summed E-state index contributed by atoms with van der Waals surface area (Å²) in [6.45, 7) is 1.41. The van der Waals surface area contributed by atoms with Gasteiger partial charge >= 0.3 is 10.2 Å². The number of carbonyl (C=O) groups excluding carboxylic acids is 2. The summed E-state index contributed by atoms with van der Waals surface area (Å²) in [5.41, 5.74) is 0.818. The molecule has 1 N–H and O–H groups in total. The van der Waals surface area contributed by atoms with E-state index in [1.54, 1.807) is 6.07 Å². The van der Waals surface area contributed by atoms with Crippen LogP contribution in [0.25, 0.3) is 0 Å². The van der Waals surface area contributed by atoms with Crippen molar-refractivity contribution in [3.05, 3.63) is 23.2 Å². The second-order valence-corrected chi connectivity index (χ2v) is 6.95. The highest BCUT2D eigenvalue weighted by molar-refractivity contribution is 7.86. The van der Waals surface area contributed by atoms with Crippen LogP contribution in [0.3, 0.4) is 0 Å². The average molecular weight is 349 g/mol. The lowest BCUT2D eigenvalue weighted by Crippen LogP contribution is -2.25. The van der Waals surface area contributed by atoms with Crippen LogP contribution in [-0.4, -0.2) is 32.5 Å². The first kappa shape index (κ1) is 16.7. The van der Waals surface area contributed by atoms with Gasteiger partial charge in [-0.25, -0.2) is 0 Å². The zero-order valence-electron chi connectivity index (χ0n) is 11.7. The van der Waals surface area contributed by atoms with Gasteiger partial charge in [0.05, 0.1) is 16.5 Å². The number of rotatable bonds is 4. The second-order valence-electron chi connectivity index (χ2n) is 5.13. The molecule has 0 radical (unpaired) electrons. The Morgan fingerprint density at radius 1 is 1.50 bits per heavy atom. The number of nitrogens with zero attached hydrogens (tertiary/aromatic N) is 1. The molecule has 0 saturated carbocycles. The summed E-state index contributed by atoms with van der Waals surface area (Å²) in [6, 6.07) is 4.62. The molecule has 9 heteroatoms. The zero-order chi connectivity index (χ0) is 16.5. The highest BCUT2D eigenvalue weighted by atomic mass is 35.5. The Balaban J connectivity index is 2.24. The molecule has 1 heterocycles. The Kier molecular flexibility index (Phi) is 4.72. The summed E-state index contributed by atoms with van der Waals surface area (Å²) in [7, 11) is -4.64. The van der Waals surface area contributed by atoms with Gasteiger partial charge in [-0.3, -0.25) is 9.59 Å². The summed E-state index contributed by atoms with van der Waals surface area (Å²) >= 11 is 6.06. The number of halogens is 2. The molecular weight excluding hydrogens is 335 g/mol. The molecule has 2 amide bonds. The lowest BCUT2D eigenvalue weighted by Gasteiger charge is -2.19. The van der Waals surface area contributed by atoms with Crippen LogP contribution >= 0.6 is 11.6 Å². The van der Waals surface area contributed by atoms with E-state index in [2.05, 4.69) is 5.32 Å². The van der Waals surface area contributed by atoms with E-state index in [0.717, 1.165) is 0 Å². The van der Waals surface area contributed by atoms with Crippen LogP contribution in [0, 0.1) is 5.92 Å². The minimum absolute atomic E-state index is 0.0607. The van der Waals surface area contributed by atoms with E-state index < -0.39 is 21.9 Å². The fourth-order valence-electron chi connectivity index (χ4n) is 2.41. The summed E-state index contributed by atoms with van der Waals surface area (Å²) < 4.78 is 34.2. The average Bonchev–Trinajstić information content (AvgIpc) is 2.69. The van der Waals surface area contributed by atoms with Crippen LogP contribution in [0.4, 0.5) is 15.3 Å². The quantitative estimate of drug-likeness (QED) is 0.843. The maximum atomic E-state index is 12.8. The molecule has 0 bridgehead atoms. The Hall–Kier alpha value is -1.67. The zero-order valence-corrected chi connectivity index (χ0v) is 13.2. The van der Waals surface area contributed by atoms with Crippen molar-refractivity contribution in [3.63, 3.8) is 0 Å². The summed E-state index contributed by atoms with van der Waals surface area (Å²) in [5, 5.41) is 2.85. The third kappa shape index (κ3) is 4.17. The number of benzene rings is 1. The number of anilines is 2. The van der Waals surface area contributed by atoms with Gasteiger partial charge in [-0.15, -0.1) is 3.89 Å². The number of carbonyl (C=O) groups is 2. The van der Waals surface area contributed by atoms with Gasteiger partial charge in [-0.1, -0.05) is 11.6 Å². The maximum Gasteiger partial charge on any atom is 0.302 e. The van der Waals surface area contributed by atoms with Crippen LogP contribution in [0.1, 0.15) is 13.3 Å². The third-order valence-electron chi connectivity index (χ3n) is 3.20. The molecule has 1 aliphatic heterocycles. The highest BCUT2D eigenvalue weighted by Crippen LogP contribution is 2.34. The Morgan fingerprint density at radius 3 is 2.77 bits per heavy atom. The Bertz CT molecular complexity index is 723. The van der Waals surface area contributed by atoms with Gasteiger partial charge in [0, 0.05) is 31.5 Å². The molecule has 120 valence electrons. The molecule has 1 atom stereocenters. The van der Waals surface area contributed by atoms with Crippen molar-refractivity contribution < 1.29 is 21.9 Å². The first-order valence-electron chi connectivity index (χ1n) is 6.45. The van der Waals surface area contributed by atoms with Gasteiger partial charge in [0.25, 0.3) is 0 Å². The highest BCUT2D eigenvalue weighted by Gasteiger charge is 2.34.